The lowest BCUT2D eigenvalue weighted by atomic mass is 9.82. The molecule has 2 saturated heterocycles. The monoisotopic (exact) mass is 940 g/mol. The number of carbonyl (C=O) groups excluding carboxylic acids is 5. The minimum atomic E-state index is -1.38. The number of hydrogen-bond donors (Lipinski definition) is 5. The summed E-state index contributed by atoms with van der Waals surface area (Å²) >= 11 is 0. The molecule has 3 aromatic carbocycles. The number of ketones is 1. The number of carbonyl (C=O) groups is 5. The first-order valence-electron chi connectivity index (χ1n) is 23.7. The molecule has 68 heavy (non-hydrogen) atoms. The van der Waals surface area contributed by atoms with Crippen LogP contribution in [0.2, 0.25) is 6.82 Å². The highest BCUT2D eigenvalue weighted by atomic mass is 16.6. The van der Waals surface area contributed by atoms with E-state index in [9.17, 15) is 39.2 Å². The highest BCUT2D eigenvalue weighted by Crippen LogP contribution is 2.42. The van der Waals surface area contributed by atoms with E-state index < -0.39 is 49.8 Å². The van der Waals surface area contributed by atoms with E-state index in [0.29, 0.717) is 110 Å². The Bertz CT molecular complexity index is 2350. The van der Waals surface area contributed by atoms with Gasteiger partial charge in [-0.2, -0.15) is 0 Å². The number of nitrogens with one attached hydrogen (secondary N) is 1. The van der Waals surface area contributed by atoms with Crippen molar-refractivity contribution in [3.8, 4) is 17.2 Å². The van der Waals surface area contributed by atoms with Crippen LogP contribution in [-0.4, -0.2) is 132 Å². The Morgan fingerprint density at radius 1 is 0.809 bits per heavy atom. The number of Topliss-reactive ketones (excluding diaryl/α,β-unsaturated/α-hetero) is 1. The van der Waals surface area contributed by atoms with E-state index in [0.717, 1.165) is 11.3 Å². The molecule has 0 aromatic heterocycles. The fourth-order valence-corrected chi connectivity index (χ4v) is 9.46. The van der Waals surface area contributed by atoms with Crippen LogP contribution >= 0.6 is 0 Å². The van der Waals surface area contributed by atoms with Crippen molar-refractivity contribution in [3.63, 3.8) is 0 Å². The Hall–Kier alpha value is -5.89. The summed E-state index contributed by atoms with van der Waals surface area (Å²) in [6.07, 6.45) is 1.30. The molecule has 0 spiro atoms. The average molecular weight is 941 g/mol. The maximum Gasteiger partial charge on any atom is 0.416 e. The van der Waals surface area contributed by atoms with Gasteiger partial charge in [-0.25, -0.2) is 9.69 Å². The van der Waals surface area contributed by atoms with Crippen LogP contribution in [0, 0.1) is 12.8 Å². The fourth-order valence-electron chi connectivity index (χ4n) is 9.46. The number of aliphatic hydroxyl groups excluding tert-OH is 2. The molecule has 0 aliphatic carbocycles. The number of anilines is 2. The Labute approximate surface area is 397 Å². The van der Waals surface area contributed by atoms with Crippen molar-refractivity contribution in [2.24, 2.45) is 11.7 Å². The largest absolute Gasteiger partial charge is 0.493 e. The summed E-state index contributed by atoms with van der Waals surface area (Å²) < 4.78 is 23.8. The molecule has 6 N–H and O–H groups in total. The number of hydrogen-bond acceptors (Lipinski definition) is 14. The third-order valence-electron chi connectivity index (χ3n) is 13.5. The van der Waals surface area contributed by atoms with Gasteiger partial charge in [-0.15, -0.1) is 0 Å². The van der Waals surface area contributed by atoms with Crippen LogP contribution in [0.25, 0.3) is 0 Å². The third kappa shape index (κ3) is 10.5. The Morgan fingerprint density at radius 2 is 1.38 bits per heavy atom. The van der Waals surface area contributed by atoms with Crippen molar-refractivity contribution in [2.75, 3.05) is 43.1 Å². The topological polar surface area (TPSA) is 234 Å². The predicted molar refractivity (Wildman–Crippen MR) is 254 cm³/mol. The van der Waals surface area contributed by atoms with Crippen molar-refractivity contribution < 1.29 is 58.2 Å². The molecule has 4 heterocycles. The van der Waals surface area contributed by atoms with Gasteiger partial charge in [0.05, 0.1) is 61.3 Å². The summed E-state index contributed by atoms with van der Waals surface area (Å²) in [5.41, 5.74) is 9.07. The zero-order valence-corrected chi connectivity index (χ0v) is 39.8. The molecule has 6 atom stereocenters. The molecule has 2 fully saturated rings. The van der Waals surface area contributed by atoms with E-state index >= 15 is 0 Å². The lowest BCUT2D eigenvalue weighted by molar-refractivity contribution is -0.128. The maximum absolute atomic E-state index is 14.0. The first kappa shape index (κ1) is 50.0. The summed E-state index contributed by atoms with van der Waals surface area (Å²) in [4.78, 5) is 72.6. The number of nitrogens with two attached hydrogens (primary N) is 1. The van der Waals surface area contributed by atoms with Gasteiger partial charge in [0, 0.05) is 37.3 Å². The molecular weight excluding hydrogens is 875 g/mol. The first-order valence-corrected chi connectivity index (χ1v) is 23.7. The minimum absolute atomic E-state index is 0.0726. The normalized spacial score (nSPS) is 20.7. The van der Waals surface area contributed by atoms with Crippen molar-refractivity contribution in [1.29, 1.82) is 0 Å². The molecule has 4 aliphatic rings. The van der Waals surface area contributed by atoms with Gasteiger partial charge in [0.15, 0.2) is 23.5 Å². The highest BCUT2D eigenvalue weighted by Gasteiger charge is 2.46. The molecule has 0 saturated carbocycles. The van der Waals surface area contributed by atoms with E-state index in [1.54, 1.807) is 72.1 Å². The number of aryl methyl sites for hydroxylation is 1. The standard InChI is InChI=1S/C49H65BN6O12/c1-28(2)43(51)44(58)52-30(4)39(57)23-31-14-16-32(17-15-31)27-68-49(63)55-37-25-40(29(3)22-33(37)45(59)53-18-10-12-35(53)47(55)61)66-20-8-7-9-21-67-42-26-38-34(24-41(42)65-6)46(60)54-19-11-13-36(54)48(62)56(38)50(5)64/h14-17,22,24-26,28,30,35-36,43,47-48,61-62,64H,7-13,18-21,23,27,51H2,1-6H3,(H,52,58)/t30-,35-,36-,43-,47-,48-/m0/s1. The molecule has 4 aliphatic heterocycles. The van der Waals surface area contributed by atoms with Crippen molar-refractivity contribution in [3.05, 3.63) is 76.3 Å². The molecule has 0 bridgehead atoms. The molecule has 19 heteroatoms. The van der Waals surface area contributed by atoms with Gasteiger partial charge in [0.25, 0.3) is 11.8 Å². The summed E-state index contributed by atoms with van der Waals surface area (Å²) in [5, 5.41) is 36.4. The number of methoxy groups -OCH3 is 1. The van der Waals surface area contributed by atoms with Crippen LogP contribution < -0.4 is 35.0 Å². The molecule has 7 rings (SSSR count). The second-order valence-electron chi connectivity index (χ2n) is 18.6. The van der Waals surface area contributed by atoms with Crippen molar-refractivity contribution >= 4 is 48.0 Å². The minimum Gasteiger partial charge on any atom is -0.493 e. The van der Waals surface area contributed by atoms with Crippen LogP contribution in [0.4, 0.5) is 16.2 Å². The maximum atomic E-state index is 14.0. The fraction of sp³-hybridized carbons (Fsp3) is 0.531. The summed E-state index contributed by atoms with van der Waals surface area (Å²) in [6, 6.07) is 11.0. The SMILES string of the molecule is COc1cc2c(cc1OCCCCCOc1cc3c(cc1C)C(=O)N1CCC[C@H]1[C@H](O)N3C(=O)OCc1ccc(CC(=O)[C@H](C)NC(=O)[C@@H](N)C(C)C)cc1)N(B(C)O)[C@@H](O)[C@@H]1CCCN1C2=O. The van der Waals surface area contributed by atoms with Crippen LogP contribution in [0.3, 0.4) is 0 Å². The molecule has 0 radical (unpaired) electrons. The van der Waals surface area contributed by atoms with E-state index in [1.807, 2.05) is 20.8 Å². The molecule has 4 amide bonds. The quantitative estimate of drug-likeness (QED) is 0.0891. The lowest BCUT2D eigenvalue weighted by Gasteiger charge is -2.34. The zero-order chi connectivity index (χ0) is 49.0. The number of fused-ring (bicyclic) bond motifs is 4. The zero-order valence-electron chi connectivity index (χ0n) is 39.8. The van der Waals surface area contributed by atoms with Crippen LogP contribution in [0.15, 0.2) is 48.5 Å². The Balaban J connectivity index is 0.962. The Kier molecular flexibility index (Phi) is 15.9. The van der Waals surface area contributed by atoms with Crippen LogP contribution in [0.5, 0.6) is 17.2 Å². The van der Waals surface area contributed by atoms with E-state index in [1.165, 1.54) is 11.9 Å². The number of ether oxygens (including phenoxy) is 4. The van der Waals surface area contributed by atoms with Crippen LogP contribution in [0.1, 0.15) is 103 Å². The van der Waals surface area contributed by atoms with Crippen molar-refractivity contribution in [1.82, 2.24) is 15.1 Å². The van der Waals surface area contributed by atoms with E-state index in [-0.39, 0.29) is 53.7 Å². The second-order valence-corrected chi connectivity index (χ2v) is 18.6. The summed E-state index contributed by atoms with van der Waals surface area (Å²) in [6.45, 7) is 10.1. The number of rotatable bonds is 18. The average Bonchev–Trinajstić information content (AvgIpc) is 3.99. The number of benzene rings is 3. The van der Waals surface area contributed by atoms with Crippen LogP contribution in [-0.2, 0) is 27.4 Å². The number of amides is 4. The second kappa shape index (κ2) is 21.6. The van der Waals surface area contributed by atoms with E-state index in [4.69, 9.17) is 24.7 Å². The first-order chi connectivity index (χ1) is 32.5. The molecular formula is C49H65BN6O12. The van der Waals surface area contributed by atoms with Gasteiger partial charge in [-0.3, -0.25) is 19.2 Å². The van der Waals surface area contributed by atoms with Crippen molar-refractivity contribution in [2.45, 2.75) is 129 Å². The third-order valence-corrected chi connectivity index (χ3v) is 13.5. The molecule has 0 unspecified atom stereocenters. The van der Waals surface area contributed by atoms with Gasteiger partial charge < -0.3 is 59.8 Å². The predicted octanol–water partition coefficient (Wildman–Crippen LogP) is 4.16. The van der Waals surface area contributed by atoms with Gasteiger partial charge in [0.1, 0.15) is 18.6 Å². The molecule has 366 valence electrons. The lowest BCUT2D eigenvalue weighted by Crippen LogP contribution is -2.53. The number of nitrogens with zero attached hydrogens (tertiary/aromatic N) is 4. The van der Waals surface area contributed by atoms with Gasteiger partial charge >= 0.3 is 13.1 Å². The summed E-state index contributed by atoms with van der Waals surface area (Å²) in [5.74, 6) is 0.0156. The Morgan fingerprint density at radius 3 is 1.99 bits per heavy atom. The van der Waals surface area contributed by atoms with Gasteiger partial charge in [-0.1, -0.05) is 38.1 Å². The van der Waals surface area contributed by atoms with Gasteiger partial charge in [-0.05, 0) is 100 Å². The summed E-state index contributed by atoms with van der Waals surface area (Å²) in [7, 11) is 0.420. The highest BCUT2D eigenvalue weighted by molar-refractivity contribution is 6.54. The number of unbranched alkanes of at least 4 members (excludes halogenated alkanes) is 2. The molecule has 3 aromatic rings. The number of aliphatic hydroxyl groups is 2. The van der Waals surface area contributed by atoms with E-state index in [2.05, 4.69) is 5.32 Å². The molecule has 18 nitrogen and oxygen atoms in total. The van der Waals surface area contributed by atoms with Gasteiger partial charge in [0.2, 0.25) is 5.91 Å². The smallest absolute Gasteiger partial charge is 0.416 e.